The summed E-state index contributed by atoms with van der Waals surface area (Å²) < 4.78 is 1.03. The molecule has 112 valence electrons. The number of benzene rings is 1. The predicted octanol–water partition coefficient (Wildman–Crippen LogP) is 2.57. The molecule has 0 aliphatic carbocycles. The minimum atomic E-state index is -0.530. The molecule has 0 aliphatic heterocycles. The molecule has 3 aromatic rings. The van der Waals surface area contributed by atoms with E-state index in [1.165, 1.54) is 6.07 Å². The molecule has 0 radical (unpaired) electrons. The van der Waals surface area contributed by atoms with Crippen molar-refractivity contribution in [3.63, 3.8) is 0 Å². The quantitative estimate of drug-likeness (QED) is 0.754. The zero-order chi connectivity index (χ0) is 15.7. The lowest BCUT2D eigenvalue weighted by Crippen LogP contribution is -2.32. The summed E-state index contributed by atoms with van der Waals surface area (Å²) in [4.78, 5) is 28.8. The molecule has 0 atom stereocenters. The number of nitrogens with zero attached hydrogens (tertiary/aromatic N) is 2. The number of phenolic OH excluding ortho intramolecular Hbond substituents is 1. The van der Waals surface area contributed by atoms with Gasteiger partial charge in [0, 0.05) is 12.7 Å². The molecular weight excluding hydrogens is 326 g/mol. The van der Waals surface area contributed by atoms with Gasteiger partial charge in [-0.2, -0.15) is 3.96 Å². The molecule has 2 N–H and O–H groups in total. The van der Waals surface area contributed by atoms with Crippen molar-refractivity contribution in [3.05, 3.63) is 57.5 Å². The number of aromatic nitrogens is 2. The van der Waals surface area contributed by atoms with Crippen LogP contribution in [0.4, 0.5) is 4.79 Å². The highest BCUT2D eigenvalue weighted by molar-refractivity contribution is 7.14. The molecule has 0 unspecified atom stereocenters. The Balaban J connectivity index is 1.80. The van der Waals surface area contributed by atoms with Gasteiger partial charge in [-0.25, -0.2) is 9.78 Å². The van der Waals surface area contributed by atoms with Crippen molar-refractivity contribution in [2.45, 2.75) is 6.54 Å². The molecule has 0 saturated carbocycles. The summed E-state index contributed by atoms with van der Waals surface area (Å²) in [5, 5.41) is 12.6. The molecule has 0 saturated heterocycles. The van der Waals surface area contributed by atoms with E-state index in [1.54, 1.807) is 30.5 Å². The summed E-state index contributed by atoms with van der Waals surface area (Å²) in [7, 11) is 0. The number of pyridine rings is 1. The second-order valence-corrected chi connectivity index (χ2v) is 5.83. The molecule has 0 aliphatic rings. The number of carbonyl (C=O) groups excluding carboxylic acids is 1. The summed E-state index contributed by atoms with van der Waals surface area (Å²) in [5.41, 5.74) is 0.317. The monoisotopic (exact) mass is 335 g/mol. The van der Waals surface area contributed by atoms with Crippen molar-refractivity contribution in [3.8, 4) is 5.75 Å². The molecule has 0 fully saturated rings. The van der Waals surface area contributed by atoms with Crippen LogP contribution < -0.4 is 10.9 Å². The van der Waals surface area contributed by atoms with Crippen LogP contribution >= 0.6 is 23.1 Å². The van der Waals surface area contributed by atoms with Crippen LogP contribution in [-0.2, 0) is 6.54 Å². The third-order valence-electron chi connectivity index (χ3n) is 3.00. The second-order valence-electron chi connectivity index (χ2n) is 4.49. The molecule has 0 spiro atoms. The Kier molecular flexibility index (Phi) is 3.82. The Morgan fingerprint density at radius 2 is 2.23 bits per heavy atom. The second kappa shape index (κ2) is 5.78. The first kappa shape index (κ1) is 14.6. The van der Waals surface area contributed by atoms with Gasteiger partial charge in [-0.3, -0.25) is 4.79 Å². The normalized spacial score (nSPS) is 10.8. The minimum absolute atomic E-state index is 0.0245. The smallest absolute Gasteiger partial charge is 0.338 e. The number of hydrogen-bond donors (Lipinski definition) is 2. The maximum absolute atomic E-state index is 12.1. The zero-order valence-corrected chi connectivity index (χ0v) is 12.7. The molecule has 1 amide bonds. The number of nitrogens with one attached hydrogen (secondary N) is 1. The number of carbonyl (C=O) groups is 1. The van der Waals surface area contributed by atoms with Crippen LogP contribution in [-0.4, -0.2) is 20.1 Å². The van der Waals surface area contributed by atoms with Gasteiger partial charge in [0.2, 0.25) is 0 Å². The third kappa shape index (κ3) is 2.68. The van der Waals surface area contributed by atoms with E-state index in [2.05, 4.69) is 10.3 Å². The first-order valence-corrected chi connectivity index (χ1v) is 7.44. The number of hydrogen-bond acceptors (Lipinski definition) is 5. The van der Waals surface area contributed by atoms with E-state index in [4.69, 9.17) is 11.6 Å². The minimum Gasteiger partial charge on any atom is -0.506 e. The number of fused-ring (bicyclic) bond motifs is 1. The van der Waals surface area contributed by atoms with Crippen molar-refractivity contribution >= 4 is 39.4 Å². The van der Waals surface area contributed by atoms with Crippen LogP contribution in [0.2, 0.25) is 5.02 Å². The topological polar surface area (TPSA) is 84.2 Å². The average molecular weight is 336 g/mol. The van der Waals surface area contributed by atoms with Crippen LogP contribution in [0.25, 0.3) is 10.2 Å². The van der Waals surface area contributed by atoms with Gasteiger partial charge in [0.15, 0.2) is 0 Å². The largest absolute Gasteiger partial charge is 0.506 e. The van der Waals surface area contributed by atoms with Crippen molar-refractivity contribution in [1.29, 1.82) is 0 Å². The Hall–Kier alpha value is -2.38. The molecule has 22 heavy (non-hydrogen) atoms. The number of aromatic hydroxyl groups is 1. The van der Waals surface area contributed by atoms with Crippen molar-refractivity contribution in [2.24, 2.45) is 0 Å². The average Bonchev–Trinajstić information content (AvgIpc) is 2.86. The summed E-state index contributed by atoms with van der Waals surface area (Å²) in [5.74, 6) is -0.0245. The summed E-state index contributed by atoms with van der Waals surface area (Å²) in [6.45, 7) is 0.187. The molecule has 1 aromatic carbocycles. The Morgan fingerprint density at radius 3 is 2.95 bits per heavy atom. The first-order valence-electron chi connectivity index (χ1n) is 6.29. The van der Waals surface area contributed by atoms with E-state index in [0.717, 1.165) is 15.5 Å². The van der Waals surface area contributed by atoms with Crippen LogP contribution in [0.5, 0.6) is 5.75 Å². The van der Waals surface area contributed by atoms with E-state index in [1.807, 2.05) is 0 Å². The summed E-state index contributed by atoms with van der Waals surface area (Å²) in [6.07, 6.45) is 1.57. The molecule has 8 heteroatoms. The summed E-state index contributed by atoms with van der Waals surface area (Å²) in [6, 6.07) is 7.38. The molecule has 3 rings (SSSR count). The van der Waals surface area contributed by atoms with Crippen molar-refractivity contribution < 1.29 is 9.90 Å². The van der Waals surface area contributed by atoms with Gasteiger partial charge < -0.3 is 10.4 Å². The molecule has 2 heterocycles. The van der Waals surface area contributed by atoms with Gasteiger partial charge in [0.05, 0.1) is 10.4 Å². The highest BCUT2D eigenvalue weighted by Crippen LogP contribution is 2.23. The number of rotatable bonds is 2. The SMILES string of the molecule is O=C(NCc1ccc(O)c(Cl)c1)n1sc2ncccc2c1=O. The maximum Gasteiger partial charge on any atom is 0.338 e. The zero-order valence-electron chi connectivity index (χ0n) is 11.1. The van der Waals surface area contributed by atoms with Crippen molar-refractivity contribution in [2.75, 3.05) is 0 Å². The third-order valence-corrected chi connectivity index (χ3v) is 4.32. The molecule has 2 aromatic heterocycles. The van der Waals surface area contributed by atoms with Gasteiger partial charge >= 0.3 is 6.03 Å². The Labute approximate surface area is 133 Å². The van der Waals surface area contributed by atoms with Crippen LogP contribution in [0, 0.1) is 0 Å². The van der Waals surface area contributed by atoms with Crippen molar-refractivity contribution in [1.82, 2.24) is 14.3 Å². The van der Waals surface area contributed by atoms with Crippen LogP contribution in [0.1, 0.15) is 5.56 Å². The highest BCUT2D eigenvalue weighted by Gasteiger charge is 2.14. The number of phenols is 1. The van der Waals surface area contributed by atoms with Crippen LogP contribution in [0.3, 0.4) is 0 Å². The van der Waals surface area contributed by atoms with Gasteiger partial charge in [-0.15, -0.1) is 0 Å². The molecular formula is C14H10ClN3O3S. The van der Waals surface area contributed by atoms with E-state index in [9.17, 15) is 14.7 Å². The van der Waals surface area contributed by atoms with E-state index < -0.39 is 11.6 Å². The highest BCUT2D eigenvalue weighted by atomic mass is 35.5. The van der Waals surface area contributed by atoms with Crippen LogP contribution in [0.15, 0.2) is 41.3 Å². The summed E-state index contributed by atoms with van der Waals surface area (Å²) >= 11 is 6.79. The van der Waals surface area contributed by atoms with Gasteiger partial charge in [0.25, 0.3) is 5.56 Å². The molecule has 6 nitrogen and oxygen atoms in total. The fourth-order valence-electron chi connectivity index (χ4n) is 1.91. The first-order chi connectivity index (χ1) is 10.6. The van der Waals surface area contributed by atoms with Gasteiger partial charge in [-0.1, -0.05) is 17.7 Å². The number of amides is 1. The van der Waals surface area contributed by atoms with E-state index in [0.29, 0.717) is 15.8 Å². The fraction of sp³-hybridized carbons (Fsp3) is 0.0714. The number of halogens is 1. The lowest BCUT2D eigenvalue weighted by atomic mass is 10.2. The van der Waals surface area contributed by atoms with E-state index in [-0.39, 0.29) is 17.3 Å². The Morgan fingerprint density at radius 1 is 1.41 bits per heavy atom. The maximum atomic E-state index is 12.1. The fourth-order valence-corrected chi connectivity index (χ4v) is 2.97. The van der Waals surface area contributed by atoms with Gasteiger partial charge in [0.1, 0.15) is 10.6 Å². The van der Waals surface area contributed by atoms with Gasteiger partial charge in [-0.05, 0) is 41.4 Å². The van der Waals surface area contributed by atoms with E-state index >= 15 is 0 Å². The predicted molar refractivity (Wildman–Crippen MR) is 84.6 cm³/mol. The standard InChI is InChI=1S/C14H10ClN3O3S/c15-10-6-8(3-4-11(10)19)7-17-14(21)18-13(20)9-2-1-5-16-12(9)22-18/h1-6,19H,7H2,(H,17,21). The Bertz CT molecular complexity index is 919. The lowest BCUT2D eigenvalue weighted by molar-refractivity contribution is 0.243. The lowest BCUT2D eigenvalue weighted by Gasteiger charge is -2.05. The molecule has 0 bridgehead atoms.